The van der Waals surface area contributed by atoms with E-state index in [2.05, 4.69) is 5.32 Å². The predicted octanol–water partition coefficient (Wildman–Crippen LogP) is 4.76. The Bertz CT molecular complexity index is 872. The molecule has 28 heavy (non-hydrogen) atoms. The largest absolute Gasteiger partial charge is 0.481 e. The molecule has 0 aromatic heterocycles. The van der Waals surface area contributed by atoms with Crippen LogP contribution in [0.3, 0.4) is 0 Å². The van der Waals surface area contributed by atoms with Gasteiger partial charge < -0.3 is 10.4 Å². The van der Waals surface area contributed by atoms with Gasteiger partial charge in [-0.3, -0.25) is 9.59 Å². The van der Waals surface area contributed by atoms with Crippen molar-refractivity contribution in [2.24, 2.45) is 0 Å². The summed E-state index contributed by atoms with van der Waals surface area (Å²) < 4.78 is 38.6. The molecule has 0 aliphatic heterocycles. The van der Waals surface area contributed by atoms with Crippen LogP contribution >= 0.6 is 23.2 Å². The van der Waals surface area contributed by atoms with E-state index in [1.165, 1.54) is 12.1 Å². The number of hydrogen-bond donors (Lipinski definition) is 2. The molecular weight excluding hydrogens is 418 g/mol. The number of rotatable bonds is 7. The van der Waals surface area contributed by atoms with Gasteiger partial charge in [0, 0.05) is 6.04 Å². The van der Waals surface area contributed by atoms with Gasteiger partial charge in [-0.2, -0.15) is 13.2 Å². The molecule has 0 fully saturated rings. The van der Waals surface area contributed by atoms with E-state index in [4.69, 9.17) is 28.3 Å². The van der Waals surface area contributed by atoms with Crippen molar-refractivity contribution in [1.82, 2.24) is 5.32 Å². The van der Waals surface area contributed by atoms with Gasteiger partial charge in [0.05, 0.1) is 28.5 Å². The Hall–Kier alpha value is -2.25. The summed E-state index contributed by atoms with van der Waals surface area (Å²) in [7, 11) is 0. The maximum absolute atomic E-state index is 12.9. The Morgan fingerprint density at radius 1 is 1.11 bits per heavy atom. The topological polar surface area (TPSA) is 66.4 Å². The van der Waals surface area contributed by atoms with Gasteiger partial charge >= 0.3 is 12.1 Å². The molecule has 0 unspecified atom stereocenters. The van der Waals surface area contributed by atoms with Gasteiger partial charge in [-0.05, 0) is 29.7 Å². The molecule has 0 bridgehead atoms. The smallest absolute Gasteiger partial charge is 0.416 e. The SMILES string of the molecule is O=C(O)C[C@H](Cc1cccc(C(F)(F)F)c1)NC(=O)Cc1cccc(Cl)c1Cl. The maximum Gasteiger partial charge on any atom is 0.416 e. The average molecular weight is 434 g/mol. The fourth-order valence-corrected chi connectivity index (χ4v) is 3.07. The number of carbonyl (C=O) groups is 2. The van der Waals surface area contributed by atoms with Gasteiger partial charge in [-0.1, -0.05) is 53.5 Å². The molecule has 0 saturated heterocycles. The zero-order valence-corrected chi connectivity index (χ0v) is 15.9. The van der Waals surface area contributed by atoms with E-state index in [9.17, 15) is 22.8 Å². The van der Waals surface area contributed by atoms with Crippen molar-refractivity contribution < 1.29 is 27.9 Å². The minimum absolute atomic E-state index is 0.0642. The van der Waals surface area contributed by atoms with Crippen LogP contribution in [-0.2, 0) is 28.6 Å². The van der Waals surface area contributed by atoms with Gasteiger partial charge in [0.25, 0.3) is 0 Å². The van der Waals surface area contributed by atoms with Gasteiger partial charge in [-0.15, -0.1) is 0 Å². The molecule has 0 spiro atoms. The highest BCUT2D eigenvalue weighted by atomic mass is 35.5. The third-order valence-electron chi connectivity index (χ3n) is 3.91. The molecule has 2 rings (SSSR count). The van der Waals surface area contributed by atoms with Crippen molar-refractivity contribution in [2.45, 2.75) is 31.5 Å². The monoisotopic (exact) mass is 433 g/mol. The van der Waals surface area contributed by atoms with Crippen LogP contribution in [0.5, 0.6) is 0 Å². The highest BCUT2D eigenvalue weighted by Gasteiger charge is 2.30. The van der Waals surface area contributed by atoms with Crippen LogP contribution in [0.15, 0.2) is 42.5 Å². The Morgan fingerprint density at radius 2 is 1.79 bits per heavy atom. The van der Waals surface area contributed by atoms with Crippen LogP contribution in [0.2, 0.25) is 10.0 Å². The lowest BCUT2D eigenvalue weighted by Gasteiger charge is -2.18. The first kappa shape index (κ1) is 22.0. The third-order valence-corrected chi connectivity index (χ3v) is 4.76. The molecular formula is C19H16Cl2F3NO3. The highest BCUT2D eigenvalue weighted by Crippen LogP contribution is 2.30. The normalized spacial score (nSPS) is 12.5. The molecule has 2 N–H and O–H groups in total. The molecule has 2 aromatic carbocycles. The van der Waals surface area contributed by atoms with E-state index < -0.39 is 36.1 Å². The summed E-state index contributed by atoms with van der Waals surface area (Å²) >= 11 is 11.9. The highest BCUT2D eigenvalue weighted by molar-refractivity contribution is 6.42. The number of nitrogens with one attached hydrogen (secondary N) is 1. The van der Waals surface area contributed by atoms with Crippen molar-refractivity contribution in [2.75, 3.05) is 0 Å². The second-order valence-electron chi connectivity index (χ2n) is 6.15. The number of hydrogen-bond acceptors (Lipinski definition) is 2. The molecule has 1 amide bonds. The van der Waals surface area contributed by atoms with Crippen LogP contribution in [0.1, 0.15) is 23.1 Å². The number of carboxylic acids is 1. The first-order valence-electron chi connectivity index (χ1n) is 8.16. The van der Waals surface area contributed by atoms with Crippen LogP contribution in [0.4, 0.5) is 13.2 Å². The Morgan fingerprint density at radius 3 is 2.43 bits per heavy atom. The fourth-order valence-electron chi connectivity index (χ4n) is 2.68. The number of carbonyl (C=O) groups excluding carboxylic acids is 1. The number of halogens is 5. The molecule has 9 heteroatoms. The summed E-state index contributed by atoms with van der Waals surface area (Å²) in [6.45, 7) is 0. The van der Waals surface area contributed by atoms with Crippen LogP contribution < -0.4 is 5.32 Å². The van der Waals surface area contributed by atoms with E-state index in [-0.39, 0.29) is 28.5 Å². The van der Waals surface area contributed by atoms with E-state index in [1.54, 1.807) is 18.2 Å². The van der Waals surface area contributed by atoms with Gasteiger partial charge in [0.2, 0.25) is 5.91 Å². The quantitative estimate of drug-likeness (QED) is 0.661. The van der Waals surface area contributed by atoms with Crippen LogP contribution in [0, 0.1) is 0 Å². The standard InChI is InChI=1S/C19H16Cl2F3NO3/c20-15-6-2-4-12(18(15)21)9-16(26)25-14(10-17(27)28)8-11-3-1-5-13(7-11)19(22,23)24/h1-7,14H,8-10H2,(H,25,26)(H,27,28)/t14-/m0/s1. The van der Waals surface area contributed by atoms with E-state index in [1.807, 2.05) is 0 Å². The van der Waals surface area contributed by atoms with E-state index in [0.717, 1.165) is 12.1 Å². The van der Waals surface area contributed by atoms with Crippen molar-refractivity contribution in [3.63, 3.8) is 0 Å². The summed E-state index contributed by atoms with van der Waals surface area (Å²) in [6.07, 6.45) is -5.15. The van der Waals surface area contributed by atoms with Gasteiger partial charge in [0.15, 0.2) is 0 Å². The number of benzene rings is 2. The summed E-state index contributed by atoms with van der Waals surface area (Å²) in [5, 5.41) is 12.1. The van der Waals surface area contributed by atoms with Gasteiger partial charge in [0.1, 0.15) is 0 Å². The lowest BCUT2D eigenvalue weighted by Crippen LogP contribution is -2.39. The predicted molar refractivity (Wildman–Crippen MR) is 99.5 cm³/mol. The van der Waals surface area contributed by atoms with Crippen molar-refractivity contribution >= 4 is 35.1 Å². The summed E-state index contributed by atoms with van der Waals surface area (Å²) in [5.74, 6) is -1.69. The molecule has 0 heterocycles. The molecule has 1 atom stereocenters. The molecule has 0 radical (unpaired) electrons. The Balaban J connectivity index is 2.12. The number of aliphatic carboxylic acids is 1. The third kappa shape index (κ3) is 6.42. The fraction of sp³-hybridized carbons (Fsp3) is 0.263. The zero-order valence-electron chi connectivity index (χ0n) is 14.4. The maximum atomic E-state index is 12.9. The number of carboxylic acid groups (broad SMARTS) is 1. The average Bonchev–Trinajstić information content (AvgIpc) is 2.58. The van der Waals surface area contributed by atoms with E-state index >= 15 is 0 Å². The van der Waals surface area contributed by atoms with Crippen molar-refractivity contribution in [3.8, 4) is 0 Å². The lowest BCUT2D eigenvalue weighted by molar-refractivity contribution is -0.139. The molecule has 4 nitrogen and oxygen atoms in total. The molecule has 0 aliphatic carbocycles. The van der Waals surface area contributed by atoms with Crippen molar-refractivity contribution in [3.05, 3.63) is 69.2 Å². The summed E-state index contributed by atoms with van der Waals surface area (Å²) in [4.78, 5) is 23.4. The number of amides is 1. The first-order valence-corrected chi connectivity index (χ1v) is 8.92. The Labute approximate surface area is 169 Å². The minimum atomic E-state index is -4.51. The van der Waals surface area contributed by atoms with E-state index in [0.29, 0.717) is 5.56 Å². The van der Waals surface area contributed by atoms with Crippen molar-refractivity contribution in [1.29, 1.82) is 0 Å². The van der Waals surface area contributed by atoms with Crippen LogP contribution in [-0.4, -0.2) is 23.0 Å². The Kier molecular flexibility index (Phi) is 7.32. The minimum Gasteiger partial charge on any atom is -0.481 e. The summed E-state index contributed by atoms with van der Waals surface area (Å²) in [5.41, 5.74) is -0.113. The lowest BCUT2D eigenvalue weighted by atomic mass is 10.0. The van der Waals surface area contributed by atoms with Crippen LogP contribution in [0.25, 0.3) is 0 Å². The number of alkyl halides is 3. The van der Waals surface area contributed by atoms with Gasteiger partial charge in [-0.25, -0.2) is 0 Å². The molecule has 0 aliphatic rings. The molecule has 150 valence electrons. The molecule has 0 saturated carbocycles. The second-order valence-corrected chi connectivity index (χ2v) is 6.94. The molecule has 2 aromatic rings. The zero-order chi connectivity index (χ0) is 20.9. The summed E-state index contributed by atoms with van der Waals surface area (Å²) in [6, 6.07) is 8.46. The first-order chi connectivity index (χ1) is 13.1. The second kappa shape index (κ2) is 9.30.